The maximum atomic E-state index is 5.62. The molecule has 0 spiro atoms. The predicted molar refractivity (Wildman–Crippen MR) is 138 cm³/mol. The van der Waals surface area contributed by atoms with E-state index in [-0.39, 0.29) is 0 Å². The van der Waals surface area contributed by atoms with Crippen molar-refractivity contribution in [2.24, 2.45) is 0 Å². The molecule has 0 atom stereocenters. The second-order valence-corrected chi connectivity index (χ2v) is 14.4. The molecule has 0 bridgehead atoms. The first-order valence-electron chi connectivity index (χ1n) is 9.61. The molecule has 0 amide bonds. The van der Waals surface area contributed by atoms with Crippen molar-refractivity contribution < 1.29 is 13.3 Å². The van der Waals surface area contributed by atoms with Crippen molar-refractivity contribution in [3.8, 4) is 29.3 Å². The molecule has 0 radical (unpaired) electrons. The first kappa shape index (κ1) is 21.2. The van der Waals surface area contributed by atoms with Crippen LogP contribution in [0.2, 0.25) is 0 Å². The Labute approximate surface area is 198 Å². The standard InChI is InChI=1S/C23H20O3S4Si/c1-24-31(25-2,26-3)23-13-12-20(30-23)19-9-8-17(28-19)18-10-11-21(29-18)22-14-15-6-4-5-7-16(15)27-22/h4-14H,1-3H3. The van der Waals surface area contributed by atoms with Crippen LogP contribution < -0.4 is 4.50 Å². The lowest BCUT2D eigenvalue weighted by molar-refractivity contribution is 0.141. The molecule has 0 unspecified atom stereocenters. The zero-order chi connectivity index (χ0) is 21.4. The van der Waals surface area contributed by atoms with Crippen molar-refractivity contribution in [1.29, 1.82) is 0 Å². The molecule has 1 aromatic carbocycles. The van der Waals surface area contributed by atoms with Crippen LogP contribution in [0.3, 0.4) is 0 Å². The minimum absolute atomic E-state index is 1.02. The third kappa shape index (κ3) is 3.88. The highest BCUT2D eigenvalue weighted by Crippen LogP contribution is 2.43. The third-order valence-electron chi connectivity index (χ3n) is 5.08. The molecule has 158 valence electrons. The topological polar surface area (TPSA) is 27.7 Å². The van der Waals surface area contributed by atoms with E-state index < -0.39 is 8.80 Å². The largest absolute Gasteiger partial charge is 0.546 e. The molecule has 31 heavy (non-hydrogen) atoms. The number of hydrogen-bond acceptors (Lipinski definition) is 7. The molecule has 0 N–H and O–H groups in total. The number of thiophene rings is 4. The quantitative estimate of drug-likeness (QED) is 0.222. The molecular formula is C23H20O3S4Si. The van der Waals surface area contributed by atoms with Crippen LogP contribution in [0.4, 0.5) is 0 Å². The normalized spacial score (nSPS) is 12.1. The van der Waals surface area contributed by atoms with E-state index in [0.29, 0.717) is 0 Å². The Morgan fingerprint density at radius 2 is 1.06 bits per heavy atom. The summed E-state index contributed by atoms with van der Waals surface area (Å²) in [6, 6.07) is 23.9. The van der Waals surface area contributed by atoms with Gasteiger partial charge in [-0.25, -0.2) is 0 Å². The molecular weight excluding hydrogens is 481 g/mol. The van der Waals surface area contributed by atoms with Gasteiger partial charge in [-0.15, -0.1) is 45.3 Å². The maximum Gasteiger partial charge on any atom is 0.546 e. The highest BCUT2D eigenvalue weighted by molar-refractivity contribution is 7.31. The third-order valence-corrected chi connectivity index (χ3v) is 13.3. The predicted octanol–water partition coefficient (Wildman–Crippen LogP) is 7.17. The minimum Gasteiger partial charge on any atom is -0.373 e. The van der Waals surface area contributed by atoms with Crippen molar-refractivity contribution in [1.82, 2.24) is 0 Å². The van der Waals surface area contributed by atoms with E-state index in [1.54, 1.807) is 32.7 Å². The maximum absolute atomic E-state index is 5.62. The van der Waals surface area contributed by atoms with E-state index in [9.17, 15) is 0 Å². The van der Waals surface area contributed by atoms with Gasteiger partial charge in [0.1, 0.15) is 0 Å². The number of rotatable bonds is 7. The van der Waals surface area contributed by atoms with Gasteiger partial charge in [-0.05, 0) is 53.9 Å². The Hall–Kier alpha value is -1.62. The Bertz CT molecular complexity index is 1280. The fraction of sp³-hybridized carbons (Fsp3) is 0.130. The van der Waals surface area contributed by atoms with Gasteiger partial charge in [-0.2, -0.15) is 0 Å². The molecule has 4 heterocycles. The van der Waals surface area contributed by atoms with E-state index in [0.717, 1.165) is 4.50 Å². The first-order valence-corrected chi connectivity index (χ1v) is 14.6. The Morgan fingerprint density at radius 3 is 1.65 bits per heavy atom. The average molecular weight is 501 g/mol. The molecule has 0 saturated carbocycles. The highest BCUT2D eigenvalue weighted by Gasteiger charge is 2.42. The number of hydrogen-bond donors (Lipinski definition) is 0. The summed E-state index contributed by atoms with van der Waals surface area (Å²) in [5.41, 5.74) is 0. The molecule has 0 saturated heterocycles. The lowest BCUT2D eigenvalue weighted by Gasteiger charge is -2.22. The van der Waals surface area contributed by atoms with E-state index in [2.05, 4.69) is 66.7 Å². The summed E-state index contributed by atoms with van der Waals surface area (Å²) in [6.45, 7) is 0. The zero-order valence-electron chi connectivity index (χ0n) is 17.2. The SMILES string of the molecule is CO[Si](OC)(OC)c1ccc(-c2ccc(-c3ccc(-c4cc5ccccc5s4)s3)s2)s1. The van der Waals surface area contributed by atoms with E-state index in [1.165, 1.54) is 39.3 Å². The Morgan fingerprint density at radius 1 is 0.548 bits per heavy atom. The molecule has 3 nitrogen and oxygen atoms in total. The second kappa shape index (κ2) is 8.72. The summed E-state index contributed by atoms with van der Waals surface area (Å²) >= 11 is 7.21. The molecule has 0 aliphatic heterocycles. The molecule has 0 aliphatic rings. The van der Waals surface area contributed by atoms with Gasteiger partial charge in [0.25, 0.3) is 0 Å². The van der Waals surface area contributed by atoms with Crippen molar-refractivity contribution in [3.05, 3.63) is 66.7 Å². The van der Waals surface area contributed by atoms with Gasteiger partial charge in [0.15, 0.2) is 0 Å². The van der Waals surface area contributed by atoms with Crippen LogP contribution in [0, 0.1) is 0 Å². The van der Waals surface area contributed by atoms with Crippen LogP contribution in [-0.4, -0.2) is 30.1 Å². The molecule has 5 aromatic rings. The smallest absolute Gasteiger partial charge is 0.373 e. The second-order valence-electron chi connectivity index (χ2n) is 6.81. The Balaban J connectivity index is 1.42. The van der Waals surface area contributed by atoms with Crippen molar-refractivity contribution in [2.75, 3.05) is 21.3 Å². The van der Waals surface area contributed by atoms with Gasteiger partial charge in [0.2, 0.25) is 0 Å². The van der Waals surface area contributed by atoms with Crippen LogP contribution in [0.15, 0.2) is 66.7 Å². The molecule has 4 aromatic heterocycles. The summed E-state index contributed by atoms with van der Waals surface area (Å²) in [5.74, 6) is 0. The van der Waals surface area contributed by atoms with Crippen LogP contribution in [-0.2, 0) is 13.3 Å². The average Bonchev–Trinajstić information content (AvgIpc) is 3.60. The van der Waals surface area contributed by atoms with Crippen LogP contribution in [0.1, 0.15) is 0 Å². The van der Waals surface area contributed by atoms with E-state index >= 15 is 0 Å². The monoisotopic (exact) mass is 500 g/mol. The minimum atomic E-state index is -2.78. The Kier molecular flexibility index (Phi) is 5.98. The summed E-state index contributed by atoms with van der Waals surface area (Å²) in [5, 5.41) is 1.31. The van der Waals surface area contributed by atoms with Crippen molar-refractivity contribution in [2.45, 2.75) is 0 Å². The zero-order valence-corrected chi connectivity index (χ0v) is 21.5. The van der Waals surface area contributed by atoms with Gasteiger partial charge in [0, 0.05) is 55.3 Å². The fourth-order valence-corrected chi connectivity index (χ4v) is 10.6. The number of fused-ring (bicyclic) bond motifs is 1. The molecule has 5 rings (SSSR count). The van der Waals surface area contributed by atoms with Crippen molar-refractivity contribution in [3.63, 3.8) is 0 Å². The van der Waals surface area contributed by atoms with Crippen LogP contribution >= 0.6 is 45.3 Å². The van der Waals surface area contributed by atoms with Gasteiger partial charge in [0.05, 0.1) is 4.50 Å². The van der Waals surface area contributed by atoms with Gasteiger partial charge in [-0.3, -0.25) is 0 Å². The summed E-state index contributed by atoms with van der Waals surface area (Å²) in [4.78, 5) is 7.69. The first-order chi connectivity index (χ1) is 15.2. The summed E-state index contributed by atoms with van der Waals surface area (Å²) in [6.07, 6.45) is 0. The van der Waals surface area contributed by atoms with E-state index in [1.807, 2.05) is 34.0 Å². The van der Waals surface area contributed by atoms with Crippen LogP contribution in [0.25, 0.3) is 39.3 Å². The van der Waals surface area contributed by atoms with Crippen molar-refractivity contribution >= 4 is 68.7 Å². The number of benzene rings is 1. The van der Waals surface area contributed by atoms with Crippen LogP contribution in [0.5, 0.6) is 0 Å². The molecule has 0 aliphatic carbocycles. The van der Waals surface area contributed by atoms with Gasteiger partial charge >= 0.3 is 8.80 Å². The lowest BCUT2D eigenvalue weighted by Crippen LogP contribution is -2.53. The van der Waals surface area contributed by atoms with Gasteiger partial charge < -0.3 is 13.3 Å². The molecule has 8 heteroatoms. The summed E-state index contributed by atoms with van der Waals surface area (Å²) in [7, 11) is 2.15. The molecule has 0 fully saturated rings. The van der Waals surface area contributed by atoms with E-state index in [4.69, 9.17) is 13.3 Å². The summed E-state index contributed by atoms with van der Waals surface area (Å²) < 4.78 is 19.2. The highest BCUT2D eigenvalue weighted by atomic mass is 32.1. The van der Waals surface area contributed by atoms with Gasteiger partial charge in [-0.1, -0.05) is 18.2 Å². The fourth-order valence-electron chi connectivity index (χ4n) is 3.50. The lowest BCUT2D eigenvalue weighted by atomic mass is 10.2.